The summed E-state index contributed by atoms with van der Waals surface area (Å²) in [6.07, 6.45) is 9.70. The van der Waals surface area contributed by atoms with Crippen LogP contribution >= 0.6 is 0 Å². The number of carbonyl (C=O) groups excluding carboxylic acids is 1. The van der Waals surface area contributed by atoms with Crippen LogP contribution < -0.4 is 4.74 Å². The summed E-state index contributed by atoms with van der Waals surface area (Å²) in [5.41, 5.74) is 1.03. The predicted molar refractivity (Wildman–Crippen MR) is 78.2 cm³/mol. The van der Waals surface area contributed by atoms with Gasteiger partial charge in [0.2, 0.25) is 0 Å². The van der Waals surface area contributed by atoms with Crippen LogP contribution in [0.2, 0.25) is 0 Å². The van der Waals surface area contributed by atoms with Gasteiger partial charge in [-0.3, -0.25) is 4.79 Å². The van der Waals surface area contributed by atoms with Gasteiger partial charge in [-0.2, -0.15) is 0 Å². The number of hydrogen-bond donors (Lipinski definition) is 0. The van der Waals surface area contributed by atoms with Crippen molar-refractivity contribution in [2.75, 3.05) is 6.61 Å². The summed E-state index contributed by atoms with van der Waals surface area (Å²) in [7, 11) is 0. The number of benzene rings is 1. The Hall–Kier alpha value is -1.57. The first-order valence-corrected chi connectivity index (χ1v) is 7.18. The third kappa shape index (κ3) is 3.95. The molecule has 1 aliphatic rings. The molecule has 0 aromatic heterocycles. The Morgan fingerprint density at radius 3 is 2.74 bits per heavy atom. The lowest BCUT2D eigenvalue weighted by Gasteiger charge is -2.20. The highest BCUT2D eigenvalue weighted by Crippen LogP contribution is 2.25. The zero-order valence-electron chi connectivity index (χ0n) is 11.6. The quantitative estimate of drug-likeness (QED) is 0.789. The van der Waals surface area contributed by atoms with Crippen molar-refractivity contribution in [3.8, 4) is 5.75 Å². The van der Waals surface area contributed by atoms with Gasteiger partial charge in [-0.1, -0.05) is 49.6 Å². The zero-order chi connectivity index (χ0) is 13.5. The van der Waals surface area contributed by atoms with Gasteiger partial charge in [0.15, 0.2) is 5.78 Å². The SMILES string of the molecule is C/C=C/c1ccccc1OCC(=O)C1CCCCC1. The Morgan fingerprint density at radius 2 is 2.00 bits per heavy atom. The lowest BCUT2D eigenvalue weighted by molar-refractivity contribution is -0.125. The predicted octanol–water partition coefficient (Wildman–Crippen LogP) is 4.25. The summed E-state index contributed by atoms with van der Waals surface area (Å²) in [5, 5.41) is 0. The maximum atomic E-state index is 12.1. The van der Waals surface area contributed by atoms with Crippen molar-refractivity contribution in [1.29, 1.82) is 0 Å². The van der Waals surface area contributed by atoms with E-state index < -0.39 is 0 Å². The fourth-order valence-corrected chi connectivity index (χ4v) is 2.62. The minimum absolute atomic E-state index is 0.208. The molecule has 2 heteroatoms. The second-order valence-corrected chi connectivity index (χ2v) is 5.13. The molecule has 0 spiro atoms. The molecule has 0 bridgehead atoms. The van der Waals surface area contributed by atoms with Crippen LogP contribution in [0.1, 0.15) is 44.6 Å². The van der Waals surface area contributed by atoms with Crippen molar-refractivity contribution in [3.05, 3.63) is 35.9 Å². The molecular formula is C17H22O2. The van der Waals surface area contributed by atoms with Crippen molar-refractivity contribution in [3.63, 3.8) is 0 Å². The second-order valence-electron chi connectivity index (χ2n) is 5.13. The summed E-state index contributed by atoms with van der Waals surface area (Å²) in [5.74, 6) is 1.28. The number of carbonyl (C=O) groups is 1. The van der Waals surface area contributed by atoms with E-state index in [2.05, 4.69) is 0 Å². The molecule has 2 rings (SSSR count). The molecule has 19 heavy (non-hydrogen) atoms. The molecule has 102 valence electrons. The number of allylic oxidation sites excluding steroid dienone is 1. The highest BCUT2D eigenvalue weighted by Gasteiger charge is 2.21. The van der Waals surface area contributed by atoms with E-state index in [1.807, 2.05) is 43.3 Å². The Kier molecular flexibility index (Phi) is 5.20. The molecule has 1 saturated carbocycles. The van der Waals surface area contributed by atoms with E-state index in [9.17, 15) is 4.79 Å². The Labute approximate surface area is 115 Å². The third-order valence-corrected chi connectivity index (χ3v) is 3.70. The molecule has 0 aliphatic heterocycles. The first-order valence-electron chi connectivity index (χ1n) is 7.18. The van der Waals surface area contributed by atoms with Crippen LogP contribution in [0, 0.1) is 5.92 Å². The van der Waals surface area contributed by atoms with Crippen molar-refractivity contribution in [2.45, 2.75) is 39.0 Å². The van der Waals surface area contributed by atoms with E-state index in [1.165, 1.54) is 19.3 Å². The fourth-order valence-electron chi connectivity index (χ4n) is 2.62. The molecule has 0 amide bonds. The van der Waals surface area contributed by atoms with E-state index in [0.29, 0.717) is 0 Å². The number of ether oxygens (including phenoxy) is 1. The van der Waals surface area contributed by atoms with Crippen LogP contribution in [0.3, 0.4) is 0 Å². The first kappa shape index (κ1) is 13.9. The van der Waals surface area contributed by atoms with E-state index >= 15 is 0 Å². The van der Waals surface area contributed by atoms with Gasteiger partial charge >= 0.3 is 0 Å². The molecule has 0 heterocycles. The molecule has 0 radical (unpaired) electrons. The second kappa shape index (κ2) is 7.13. The Morgan fingerprint density at radius 1 is 1.26 bits per heavy atom. The number of para-hydroxylation sites is 1. The number of rotatable bonds is 5. The van der Waals surface area contributed by atoms with Gasteiger partial charge in [0, 0.05) is 11.5 Å². The van der Waals surface area contributed by atoms with Crippen LogP contribution in [0.4, 0.5) is 0 Å². The number of ketones is 1. The molecule has 0 atom stereocenters. The van der Waals surface area contributed by atoms with Crippen LogP contribution in [0.15, 0.2) is 30.3 Å². The van der Waals surface area contributed by atoms with Gasteiger partial charge in [0.05, 0.1) is 0 Å². The number of hydrogen-bond acceptors (Lipinski definition) is 2. The maximum absolute atomic E-state index is 12.1. The average Bonchev–Trinajstić information content (AvgIpc) is 2.47. The molecule has 1 fully saturated rings. The van der Waals surface area contributed by atoms with Gasteiger partial charge in [-0.15, -0.1) is 0 Å². The Bertz CT molecular complexity index is 442. The lowest BCUT2D eigenvalue weighted by atomic mass is 9.86. The van der Waals surface area contributed by atoms with Crippen molar-refractivity contribution in [2.24, 2.45) is 5.92 Å². The van der Waals surface area contributed by atoms with E-state index in [1.54, 1.807) is 0 Å². The topological polar surface area (TPSA) is 26.3 Å². The van der Waals surface area contributed by atoms with Crippen LogP contribution in [-0.2, 0) is 4.79 Å². The van der Waals surface area contributed by atoms with E-state index in [-0.39, 0.29) is 18.3 Å². The summed E-state index contributed by atoms with van der Waals surface area (Å²) in [6.45, 7) is 2.18. The molecule has 0 saturated heterocycles. The molecular weight excluding hydrogens is 236 g/mol. The maximum Gasteiger partial charge on any atom is 0.173 e. The van der Waals surface area contributed by atoms with Gasteiger partial charge < -0.3 is 4.74 Å². The van der Waals surface area contributed by atoms with Gasteiger partial charge in [0.1, 0.15) is 12.4 Å². The van der Waals surface area contributed by atoms with Gasteiger partial charge in [0.25, 0.3) is 0 Å². The number of Topliss-reactive ketones (excluding diaryl/α,β-unsaturated/α-hetero) is 1. The van der Waals surface area contributed by atoms with Crippen molar-refractivity contribution in [1.82, 2.24) is 0 Å². The van der Waals surface area contributed by atoms with E-state index in [4.69, 9.17) is 4.74 Å². The molecule has 1 aromatic carbocycles. The summed E-state index contributed by atoms with van der Waals surface area (Å²) in [4.78, 5) is 12.1. The minimum atomic E-state index is 0.208. The standard InChI is InChI=1S/C17H22O2/c1-2-8-15-11-6-7-12-17(15)19-13-16(18)14-9-4-3-5-10-14/h2,6-8,11-12,14H,3-5,9-10,13H2,1H3/b8-2+. The minimum Gasteiger partial charge on any atom is -0.485 e. The van der Waals surface area contributed by atoms with Gasteiger partial charge in [-0.05, 0) is 25.8 Å². The molecule has 2 nitrogen and oxygen atoms in total. The molecule has 1 aliphatic carbocycles. The van der Waals surface area contributed by atoms with Crippen LogP contribution in [0.25, 0.3) is 6.08 Å². The Balaban J connectivity index is 1.92. The normalized spacial score (nSPS) is 16.7. The highest BCUT2D eigenvalue weighted by atomic mass is 16.5. The van der Waals surface area contributed by atoms with Crippen molar-refractivity contribution >= 4 is 11.9 Å². The van der Waals surface area contributed by atoms with Crippen LogP contribution in [0.5, 0.6) is 5.75 Å². The van der Waals surface area contributed by atoms with E-state index in [0.717, 1.165) is 24.2 Å². The first-order chi connectivity index (χ1) is 9.31. The third-order valence-electron chi connectivity index (χ3n) is 3.70. The summed E-state index contributed by atoms with van der Waals surface area (Å²) >= 11 is 0. The average molecular weight is 258 g/mol. The lowest BCUT2D eigenvalue weighted by Crippen LogP contribution is -2.23. The summed E-state index contributed by atoms with van der Waals surface area (Å²) in [6, 6.07) is 7.84. The largest absolute Gasteiger partial charge is 0.485 e. The molecule has 1 aromatic rings. The molecule has 0 unspecified atom stereocenters. The fraction of sp³-hybridized carbons (Fsp3) is 0.471. The van der Waals surface area contributed by atoms with Gasteiger partial charge in [-0.25, -0.2) is 0 Å². The smallest absolute Gasteiger partial charge is 0.173 e. The monoisotopic (exact) mass is 258 g/mol. The zero-order valence-corrected chi connectivity index (χ0v) is 11.6. The summed E-state index contributed by atoms with van der Waals surface area (Å²) < 4.78 is 5.70. The molecule has 0 N–H and O–H groups in total. The highest BCUT2D eigenvalue weighted by molar-refractivity contribution is 5.82. The van der Waals surface area contributed by atoms with Crippen LogP contribution in [-0.4, -0.2) is 12.4 Å². The van der Waals surface area contributed by atoms with Crippen molar-refractivity contribution < 1.29 is 9.53 Å².